The van der Waals surface area contributed by atoms with Crippen molar-refractivity contribution in [1.29, 1.82) is 0 Å². The summed E-state index contributed by atoms with van der Waals surface area (Å²) in [5.41, 5.74) is 3.32. The van der Waals surface area contributed by atoms with Crippen LogP contribution < -0.4 is 5.32 Å². The fraction of sp³-hybridized carbons (Fsp3) is 0.500. The highest BCUT2D eigenvalue weighted by Crippen LogP contribution is 2.24. The average Bonchev–Trinajstić information content (AvgIpc) is 2.94. The zero-order chi connectivity index (χ0) is 17.7. The van der Waals surface area contributed by atoms with E-state index in [1.165, 1.54) is 22.9 Å². The summed E-state index contributed by atoms with van der Waals surface area (Å²) in [7, 11) is 0. The average molecular weight is 347 g/mol. The van der Waals surface area contributed by atoms with E-state index in [1.54, 1.807) is 0 Å². The number of carbonyl (C=O) groups is 1. The van der Waals surface area contributed by atoms with Gasteiger partial charge in [0.15, 0.2) is 5.16 Å². The molecule has 0 unspecified atom stereocenters. The van der Waals surface area contributed by atoms with Gasteiger partial charge in [0, 0.05) is 11.7 Å². The van der Waals surface area contributed by atoms with Crippen molar-refractivity contribution in [1.82, 2.24) is 14.8 Å². The van der Waals surface area contributed by atoms with Gasteiger partial charge in [-0.1, -0.05) is 43.8 Å². The van der Waals surface area contributed by atoms with Gasteiger partial charge in [-0.3, -0.25) is 4.79 Å². The van der Waals surface area contributed by atoms with Crippen molar-refractivity contribution in [2.45, 2.75) is 58.7 Å². The Morgan fingerprint density at radius 1 is 1.21 bits per heavy atom. The Morgan fingerprint density at radius 2 is 1.83 bits per heavy atom. The number of carbonyl (C=O) groups excluding carboxylic acids is 1. The largest absolute Gasteiger partial charge is 0.325 e. The standard InChI is InChI=1S/C18H26N4OS/c1-6-14-9-8-10-15(7-2)17(14)19-16(23)11-24-18-21-20-13(5)22(18)12(3)4/h8-10,12H,6-7,11H2,1-5H3,(H,19,23). The lowest BCUT2D eigenvalue weighted by Gasteiger charge is -2.15. The maximum absolute atomic E-state index is 12.4. The van der Waals surface area contributed by atoms with E-state index >= 15 is 0 Å². The number of thioether (sulfide) groups is 1. The van der Waals surface area contributed by atoms with E-state index in [2.05, 4.69) is 66.0 Å². The maximum Gasteiger partial charge on any atom is 0.234 e. The molecule has 130 valence electrons. The number of aryl methyl sites for hydroxylation is 3. The van der Waals surface area contributed by atoms with Crippen LogP contribution in [0.5, 0.6) is 0 Å². The highest BCUT2D eigenvalue weighted by Gasteiger charge is 2.15. The third kappa shape index (κ3) is 4.17. The van der Waals surface area contributed by atoms with Crippen molar-refractivity contribution in [2.75, 3.05) is 11.1 Å². The number of hydrogen-bond acceptors (Lipinski definition) is 4. The van der Waals surface area contributed by atoms with E-state index in [0.717, 1.165) is 29.5 Å². The monoisotopic (exact) mass is 346 g/mol. The Balaban J connectivity index is 2.07. The van der Waals surface area contributed by atoms with Gasteiger partial charge in [-0.2, -0.15) is 0 Å². The Bertz CT molecular complexity index is 687. The molecule has 0 spiro atoms. The molecule has 0 saturated heterocycles. The van der Waals surface area contributed by atoms with Crippen LogP contribution in [0.4, 0.5) is 5.69 Å². The van der Waals surface area contributed by atoms with E-state index in [9.17, 15) is 4.79 Å². The third-order valence-electron chi connectivity index (χ3n) is 3.95. The molecule has 0 atom stereocenters. The number of amides is 1. The molecule has 0 fully saturated rings. The summed E-state index contributed by atoms with van der Waals surface area (Å²) in [5, 5.41) is 12.2. The molecule has 24 heavy (non-hydrogen) atoms. The van der Waals surface area contributed by atoms with Gasteiger partial charge in [0.25, 0.3) is 0 Å². The molecule has 0 bridgehead atoms. The number of benzene rings is 1. The van der Waals surface area contributed by atoms with Crippen LogP contribution in [0.1, 0.15) is 50.7 Å². The van der Waals surface area contributed by atoms with Crippen LogP contribution in [-0.2, 0) is 17.6 Å². The van der Waals surface area contributed by atoms with E-state index in [1.807, 2.05) is 6.92 Å². The predicted octanol–water partition coefficient (Wildman–Crippen LogP) is 4.02. The minimum Gasteiger partial charge on any atom is -0.325 e. The van der Waals surface area contributed by atoms with Gasteiger partial charge in [-0.15, -0.1) is 10.2 Å². The zero-order valence-electron chi connectivity index (χ0n) is 15.1. The number of aromatic nitrogens is 3. The number of hydrogen-bond donors (Lipinski definition) is 1. The summed E-state index contributed by atoms with van der Waals surface area (Å²) in [6.45, 7) is 10.3. The zero-order valence-corrected chi connectivity index (χ0v) is 15.9. The predicted molar refractivity (Wildman–Crippen MR) is 99.7 cm³/mol. The quantitative estimate of drug-likeness (QED) is 0.769. The summed E-state index contributed by atoms with van der Waals surface area (Å²) in [5.74, 6) is 1.19. The van der Waals surface area contributed by atoms with Crippen molar-refractivity contribution in [3.63, 3.8) is 0 Å². The Kier molecular flexibility index (Phi) is 6.43. The molecule has 0 saturated carbocycles. The topological polar surface area (TPSA) is 59.8 Å². The van der Waals surface area contributed by atoms with Gasteiger partial charge in [0.05, 0.1) is 5.75 Å². The minimum atomic E-state index is -0.00782. The highest BCUT2D eigenvalue weighted by atomic mass is 32.2. The van der Waals surface area contributed by atoms with E-state index < -0.39 is 0 Å². The third-order valence-corrected chi connectivity index (χ3v) is 4.89. The molecule has 0 aliphatic heterocycles. The van der Waals surface area contributed by atoms with E-state index in [4.69, 9.17) is 0 Å². The Hall–Kier alpha value is -1.82. The molecule has 1 aromatic carbocycles. The molecule has 0 aliphatic carbocycles. The molecule has 1 aromatic heterocycles. The maximum atomic E-state index is 12.4. The Morgan fingerprint density at radius 3 is 2.38 bits per heavy atom. The highest BCUT2D eigenvalue weighted by molar-refractivity contribution is 7.99. The second-order valence-corrected chi connectivity index (χ2v) is 6.93. The lowest BCUT2D eigenvalue weighted by molar-refractivity contribution is -0.113. The fourth-order valence-corrected chi connectivity index (χ4v) is 3.66. The van der Waals surface area contributed by atoms with Gasteiger partial charge < -0.3 is 9.88 Å². The number of anilines is 1. The molecule has 0 radical (unpaired) electrons. The first-order valence-electron chi connectivity index (χ1n) is 8.42. The van der Waals surface area contributed by atoms with E-state index in [0.29, 0.717) is 5.75 Å². The fourth-order valence-electron chi connectivity index (χ4n) is 2.75. The van der Waals surface area contributed by atoms with Crippen LogP contribution in [-0.4, -0.2) is 26.4 Å². The normalized spacial score (nSPS) is 11.1. The lowest BCUT2D eigenvalue weighted by atomic mass is 10.0. The van der Waals surface area contributed by atoms with Gasteiger partial charge >= 0.3 is 0 Å². The van der Waals surface area contributed by atoms with E-state index in [-0.39, 0.29) is 11.9 Å². The van der Waals surface area contributed by atoms with Crippen LogP contribution in [0, 0.1) is 6.92 Å². The summed E-state index contributed by atoms with van der Waals surface area (Å²) in [6.07, 6.45) is 1.80. The molecule has 1 heterocycles. The van der Waals surface area contributed by atoms with Gasteiger partial charge in [0.1, 0.15) is 5.82 Å². The smallest absolute Gasteiger partial charge is 0.234 e. The lowest BCUT2D eigenvalue weighted by Crippen LogP contribution is -2.17. The second-order valence-electron chi connectivity index (χ2n) is 5.99. The van der Waals surface area contributed by atoms with Crippen molar-refractivity contribution < 1.29 is 4.79 Å². The first-order valence-corrected chi connectivity index (χ1v) is 9.41. The van der Waals surface area contributed by atoms with Gasteiger partial charge in [-0.05, 0) is 44.7 Å². The van der Waals surface area contributed by atoms with Crippen LogP contribution in [0.25, 0.3) is 0 Å². The summed E-state index contributed by atoms with van der Waals surface area (Å²) in [4.78, 5) is 12.4. The molecular weight excluding hydrogens is 320 g/mol. The molecule has 2 rings (SSSR count). The number of rotatable bonds is 7. The summed E-state index contributed by atoms with van der Waals surface area (Å²) < 4.78 is 2.05. The second kappa shape index (κ2) is 8.33. The first kappa shape index (κ1) is 18.5. The molecule has 2 aromatic rings. The Labute approximate surface area is 148 Å². The number of nitrogens with zero attached hydrogens (tertiary/aromatic N) is 3. The first-order chi connectivity index (χ1) is 11.5. The molecule has 5 nitrogen and oxygen atoms in total. The SMILES string of the molecule is CCc1cccc(CC)c1NC(=O)CSc1nnc(C)n1C(C)C. The van der Waals surface area contributed by atoms with Crippen LogP contribution in [0.2, 0.25) is 0 Å². The van der Waals surface area contributed by atoms with Crippen LogP contribution in [0.3, 0.4) is 0 Å². The number of nitrogens with one attached hydrogen (secondary N) is 1. The minimum absolute atomic E-state index is 0.00782. The number of para-hydroxylation sites is 1. The summed E-state index contributed by atoms with van der Waals surface area (Å²) in [6, 6.07) is 6.47. The van der Waals surface area contributed by atoms with Gasteiger partial charge in [-0.25, -0.2) is 0 Å². The van der Waals surface area contributed by atoms with Crippen LogP contribution >= 0.6 is 11.8 Å². The van der Waals surface area contributed by atoms with Crippen molar-refractivity contribution >= 4 is 23.4 Å². The molecule has 1 N–H and O–H groups in total. The molecule has 1 amide bonds. The van der Waals surface area contributed by atoms with Crippen LogP contribution in [0.15, 0.2) is 23.4 Å². The van der Waals surface area contributed by atoms with Crippen molar-refractivity contribution in [3.05, 3.63) is 35.2 Å². The molecular formula is C18H26N4OS. The van der Waals surface area contributed by atoms with Crippen molar-refractivity contribution in [2.24, 2.45) is 0 Å². The molecule has 6 heteroatoms. The van der Waals surface area contributed by atoms with Crippen molar-refractivity contribution in [3.8, 4) is 0 Å². The van der Waals surface area contributed by atoms with Gasteiger partial charge in [0.2, 0.25) is 5.91 Å². The summed E-state index contributed by atoms with van der Waals surface area (Å²) >= 11 is 1.43. The molecule has 0 aliphatic rings.